The van der Waals surface area contributed by atoms with Crippen molar-refractivity contribution in [2.75, 3.05) is 13.1 Å². The predicted octanol–water partition coefficient (Wildman–Crippen LogP) is 6.03. The standard InChI is InChI=1S/C29H36ClN3O2/c1-21(2)17-32(19-25-13-10-16-31(25)18-24-12-7-9-15-27(24)30)28(34)20-33(22(3)4)29(35)26-14-8-6-11-23(26)5/h6-16,21-22H,17-20H2,1-5H3. The van der Waals surface area contributed by atoms with Crippen molar-refractivity contribution in [1.29, 1.82) is 0 Å². The van der Waals surface area contributed by atoms with Gasteiger partial charge in [0.2, 0.25) is 5.91 Å². The minimum absolute atomic E-state index is 0.0444. The van der Waals surface area contributed by atoms with Crippen LogP contribution >= 0.6 is 11.6 Å². The van der Waals surface area contributed by atoms with Gasteiger partial charge in [0, 0.05) is 41.6 Å². The van der Waals surface area contributed by atoms with E-state index in [2.05, 4.69) is 18.4 Å². The Kier molecular flexibility index (Phi) is 9.16. The van der Waals surface area contributed by atoms with E-state index in [4.69, 9.17) is 11.6 Å². The van der Waals surface area contributed by atoms with Crippen LogP contribution in [0.15, 0.2) is 66.9 Å². The molecule has 6 heteroatoms. The lowest BCUT2D eigenvalue weighted by atomic mass is 10.1. The molecular weight excluding hydrogens is 458 g/mol. The van der Waals surface area contributed by atoms with Gasteiger partial charge in [-0.25, -0.2) is 0 Å². The monoisotopic (exact) mass is 493 g/mol. The molecule has 186 valence electrons. The first kappa shape index (κ1) is 26.6. The second-order valence-corrected chi connectivity index (χ2v) is 10.1. The molecule has 2 amide bonds. The van der Waals surface area contributed by atoms with Crippen LogP contribution in [0, 0.1) is 12.8 Å². The maximum absolute atomic E-state index is 13.6. The van der Waals surface area contributed by atoms with E-state index in [1.807, 2.05) is 92.5 Å². The fraction of sp³-hybridized carbons (Fsp3) is 0.379. The molecule has 0 bridgehead atoms. The summed E-state index contributed by atoms with van der Waals surface area (Å²) in [5, 5.41) is 0.726. The lowest BCUT2D eigenvalue weighted by Crippen LogP contribution is -2.46. The van der Waals surface area contributed by atoms with Gasteiger partial charge in [0.25, 0.3) is 5.91 Å². The van der Waals surface area contributed by atoms with Gasteiger partial charge in [-0.1, -0.05) is 61.8 Å². The molecule has 0 aliphatic carbocycles. The summed E-state index contributed by atoms with van der Waals surface area (Å²) in [5.74, 6) is 0.128. The molecular formula is C29H36ClN3O2. The van der Waals surface area contributed by atoms with Crippen LogP contribution in [0.25, 0.3) is 0 Å². The Morgan fingerprint density at radius 3 is 2.29 bits per heavy atom. The van der Waals surface area contributed by atoms with E-state index in [0.29, 0.717) is 31.1 Å². The van der Waals surface area contributed by atoms with Crippen LogP contribution in [0.1, 0.15) is 54.9 Å². The fourth-order valence-electron chi connectivity index (χ4n) is 4.15. The summed E-state index contributed by atoms with van der Waals surface area (Å²) in [5.41, 5.74) is 3.61. The lowest BCUT2D eigenvalue weighted by molar-refractivity contribution is -0.133. The molecule has 35 heavy (non-hydrogen) atoms. The van der Waals surface area contributed by atoms with E-state index in [9.17, 15) is 9.59 Å². The molecule has 0 aliphatic heterocycles. The molecule has 0 radical (unpaired) electrons. The quantitative estimate of drug-likeness (QED) is 0.346. The Morgan fingerprint density at radius 1 is 0.943 bits per heavy atom. The second kappa shape index (κ2) is 12.1. The second-order valence-electron chi connectivity index (χ2n) is 9.73. The highest BCUT2D eigenvalue weighted by Crippen LogP contribution is 2.19. The summed E-state index contributed by atoms with van der Waals surface area (Å²) in [6.07, 6.45) is 2.01. The summed E-state index contributed by atoms with van der Waals surface area (Å²) in [4.78, 5) is 30.4. The van der Waals surface area contributed by atoms with Crippen molar-refractivity contribution in [3.05, 3.63) is 94.3 Å². The number of rotatable bonds is 10. The molecule has 0 saturated heterocycles. The molecule has 0 N–H and O–H groups in total. The Labute approximate surface area is 214 Å². The summed E-state index contributed by atoms with van der Waals surface area (Å²) in [6.45, 7) is 11.8. The minimum Gasteiger partial charge on any atom is -0.345 e. The van der Waals surface area contributed by atoms with Gasteiger partial charge < -0.3 is 14.4 Å². The van der Waals surface area contributed by atoms with E-state index in [0.717, 1.165) is 21.8 Å². The topological polar surface area (TPSA) is 45.6 Å². The fourth-order valence-corrected chi connectivity index (χ4v) is 4.35. The lowest BCUT2D eigenvalue weighted by Gasteiger charge is -2.31. The number of amides is 2. The Morgan fingerprint density at radius 2 is 1.63 bits per heavy atom. The highest BCUT2D eigenvalue weighted by molar-refractivity contribution is 6.31. The van der Waals surface area contributed by atoms with Crippen LogP contribution < -0.4 is 0 Å². The molecule has 5 nitrogen and oxygen atoms in total. The zero-order valence-electron chi connectivity index (χ0n) is 21.4. The molecule has 1 heterocycles. The largest absolute Gasteiger partial charge is 0.345 e. The van der Waals surface area contributed by atoms with E-state index < -0.39 is 0 Å². The van der Waals surface area contributed by atoms with Crippen molar-refractivity contribution >= 4 is 23.4 Å². The van der Waals surface area contributed by atoms with Gasteiger partial charge in [-0.05, 0) is 62.1 Å². The van der Waals surface area contributed by atoms with Crippen LogP contribution in [-0.2, 0) is 17.9 Å². The first-order valence-electron chi connectivity index (χ1n) is 12.2. The molecule has 0 atom stereocenters. The third-order valence-electron chi connectivity index (χ3n) is 6.08. The summed E-state index contributed by atoms with van der Waals surface area (Å²) in [6, 6.07) is 19.3. The smallest absolute Gasteiger partial charge is 0.254 e. The molecule has 1 aromatic heterocycles. The number of hydrogen-bond acceptors (Lipinski definition) is 2. The summed E-state index contributed by atoms with van der Waals surface area (Å²) in [7, 11) is 0. The number of hydrogen-bond donors (Lipinski definition) is 0. The predicted molar refractivity (Wildman–Crippen MR) is 143 cm³/mol. The minimum atomic E-state index is -0.113. The number of aryl methyl sites for hydroxylation is 1. The molecule has 0 aliphatic rings. The van der Waals surface area contributed by atoms with Crippen LogP contribution in [0.4, 0.5) is 0 Å². The van der Waals surface area contributed by atoms with E-state index in [1.54, 1.807) is 4.90 Å². The SMILES string of the molecule is Cc1ccccc1C(=O)N(CC(=O)N(Cc1cccn1Cc1ccccc1Cl)CC(C)C)C(C)C. The average Bonchev–Trinajstić information content (AvgIpc) is 3.24. The van der Waals surface area contributed by atoms with Gasteiger partial charge in [0.15, 0.2) is 0 Å². The maximum Gasteiger partial charge on any atom is 0.254 e. The average molecular weight is 494 g/mol. The van der Waals surface area contributed by atoms with Gasteiger partial charge in [-0.15, -0.1) is 0 Å². The molecule has 0 fully saturated rings. The zero-order valence-corrected chi connectivity index (χ0v) is 22.1. The number of aromatic nitrogens is 1. The van der Waals surface area contributed by atoms with Gasteiger partial charge >= 0.3 is 0 Å². The summed E-state index contributed by atoms with van der Waals surface area (Å²) < 4.78 is 2.13. The van der Waals surface area contributed by atoms with Crippen molar-refractivity contribution in [3.8, 4) is 0 Å². The maximum atomic E-state index is 13.6. The molecule has 2 aromatic carbocycles. The number of carbonyl (C=O) groups is 2. The molecule has 3 rings (SSSR count). The van der Waals surface area contributed by atoms with Gasteiger partial charge in [0.1, 0.15) is 6.54 Å². The van der Waals surface area contributed by atoms with Gasteiger partial charge in [-0.2, -0.15) is 0 Å². The van der Waals surface area contributed by atoms with Gasteiger partial charge in [0.05, 0.1) is 6.54 Å². The normalized spacial score (nSPS) is 11.2. The van der Waals surface area contributed by atoms with Crippen LogP contribution in [0.2, 0.25) is 5.02 Å². The first-order chi connectivity index (χ1) is 16.7. The van der Waals surface area contributed by atoms with Crippen LogP contribution in [0.5, 0.6) is 0 Å². The number of carbonyl (C=O) groups excluding carboxylic acids is 2. The Hall–Kier alpha value is -3.05. The molecule has 3 aromatic rings. The van der Waals surface area contributed by atoms with Crippen molar-refractivity contribution in [2.24, 2.45) is 5.92 Å². The molecule has 0 spiro atoms. The first-order valence-corrected chi connectivity index (χ1v) is 12.6. The number of halogens is 1. The van der Waals surface area contributed by atoms with Crippen LogP contribution in [-0.4, -0.2) is 45.3 Å². The Balaban J connectivity index is 1.80. The van der Waals surface area contributed by atoms with Crippen LogP contribution in [0.3, 0.4) is 0 Å². The molecule has 0 unspecified atom stereocenters. The highest BCUT2D eigenvalue weighted by Gasteiger charge is 2.26. The number of benzene rings is 2. The highest BCUT2D eigenvalue weighted by atomic mass is 35.5. The van der Waals surface area contributed by atoms with Crippen molar-refractivity contribution < 1.29 is 9.59 Å². The Bertz CT molecular complexity index is 1150. The third-order valence-corrected chi connectivity index (χ3v) is 6.45. The van der Waals surface area contributed by atoms with Crippen molar-refractivity contribution in [3.63, 3.8) is 0 Å². The number of nitrogens with zero attached hydrogens (tertiary/aromatic N) is 3. The van der Waals surface area contributed by atoms with E-state index >= 15 is 0 Å². The summed E-state index contributed by atoms with van der Waals surface area (Å²) >= 11 is 6.38. The zero-order chi connectivity index (χ0) is 25.5. The van der Waals surface area contributed by atoms with Gasteiger partial charge in [-0.3, -0.25) is 9.59 Å². The molecule has 0 saturated carbocycles. The van der Waals surface area contributed by atoms with Crippen molar-refractivity contribution in [2.45, 2.75) is 53.8 Å². The van der Waals surface area contributed by atoms with Crippen molar-refractivity contribution in [1.82, 2.24) is 14.4 Å². The third kappa shape index (κ3) is 6.98. The van der Waals surface area contributed by atoms with E-state index in [1.165, 1.54) is 0 Å². The van der Waals surface area contributed by atoms with E-state index in [-0.39, 0.29) is 24.4 Å².